The molecular weight excluding hydrogens is 349 g/mol. The Balaban J connectivity index is 2.69. The van der Waals surface area contributed by atoms with Gasteiger partial charge < -0.3 is 10.6 Å². The summed E-state index contributed by atoms with van der Waals surface area (Å²) in [4.78, 5) is 11.7. The van der Waals surface area contributed by atoms with E-state index < -0.39 is 11.7 Å². The number of carbonyl (C=O) groups is 1. The Hall–Kier alpha value is -1.24. The number of carbonyl (C=O) groups excluding carboxylic acids is 1. The molecule has 0 spiro atoms. The summed E-state index contributed by atoms with van der Waals surface area (Å²) in [6.07, 6.45) is -2.78. The summed E-state index contributed by atoms with van der Waals surface area (Å²) in [5, 5.41) is 5.53. The molecule has 0 aliphatic rings. The van der Waals surface area contributed by atoms with Crippen LogP contribution in [0.15, 0.2) is 22.7 Å². The lowest BCUT2D eigenvalue weighted by Gasteiger charge is -2.16. The minimum absolute atomic E-state index is 0.0730. The highest BCUT2D eigenvalue weighted by Gasteiger charge is 2.30. The van der Waals surface area contributed by atoms with Crippen LogP contribution in [0.2, 0.25) is 0 Å². The first-order valence-corrected chi connectivity index (χ1v) is 7.47. The van der Waals surface area contributed by atoms with E-state index in [4.69, 9.17) is 0 Å². The maximum Gasteiger partial charge on any atom is 0.416 e. The van der Waals surface area contributed by atoms with Gasteiger partial charge in [-0.1, -0.05) is 13.8 Å². The molecule has 1 amide bonds. The van der Waals surface area contributed by atoms with E-state index in [2.05, 4.69) is 26.6 Å². The van der Waals surface area contributed by atoms with E-state index in [0.29, 0.717) is 4.47 Å². The van der Waals surface area contributed by atoms with Crippen LogP contribution < -0.4 is 10.6 Å². The molecule has 0 saturated carbocycles. The van der Waals surface area contributed by atoms with Crippen LogP contribution in [0.25, 0.3) is 0 Å². The molecule has 0 aromatic heterocycles. The average Bonchev–Trinajstić information content (AvgIpc) is 2.42. The van der Waals surface area contributed by atoms with Crippen molar-refractivity contribution in [2.75, 3.05) is 11.9 Å². The molecule has 0 radical (unpaired) electrons. The fraction of sp³-hybridized carbons (Fsp3) is 0.500. The molecule has 21 heavy (non-hydrogen) atoms. The third kappa shape index (κ3) is 5.57. The van der Waals surface area contributed by atoms with Crippen molar-refractivity contribution >= 4 is 27.5 Å². The summed E-state index contributed by atoms with van der Waals surface area (Å²) in [5.74, 6) is -0.243. The Morgan fingerprint density at radius 1 is 1.29 bits per heavy atom. The highest BCUT2D eigenvalue weighted by molar-refractivity contribution is 9.10. The predicted octanol–water partition coefficient (Wildman–Crippen LogP) is 4.18. The second kappa shape index (κ2) is 7.68. The van der Waals surface area contributed by atoms with Gasteiger partial charge in [0.1, 0.15) is 0 Å². The van der Waals surface area contributed by atoms with Crippen LogP contribution >= 0.6 is 15.9 Å². The lowest BCUT2D eigenvalue weighted by molar-refractivity contribution is -0.137. The van der Waals surface area contributed by atoms with Gasteiger partial charge in [-0.15, -0.1) is 0 Å². The number of alkyl halides is 3. The molecule has 2 N–H and O–H groups in total. The van der Waals surface area contributed by atoms with Gasteiger partial charge in [0, 0.05) is 16.2 Å². The quantitative estimate of drug-likeness (QED) is 0.792. The summed E-state index contributed by atoms with van der Waals surface area (Å²) in [5.41, 5.74) is -0.516. The van der Waals surface area contributed by atoms with Gasteiger partial charge in [-0.3, -0.25) is 4.79 Å². The van der Waals surface area contributed by atoms with Gasteiger partial charge in [0.2, 0.25) is 5.91 Å². The van der Waals surface area contributed by atoms with Gasteiger partial charge >= 0.3 is 6.18 Å². The van der Waals surface area contributed by atoms with E-state index in [1.54, 1.807) is 0 Å². The Labute approximate surface area is 130 Å². The van der Waals surface area contributed by atoms with Crippen molar-refractivity contribution < 1.29 is 18.0 Å². The Kier molecular flexibility index (Phi) is 6.51. The second-order valence-electron chi connectivity index (χ2n) is 4.63. The van der Waals surface area contributed by atoms with E-state index >= 15 is 0 Å². The maximum atomic E-state index is 12.6. The number of amides is 1. The van der Waals surface area contributed by atoms with E-state index in [1.165, 1.54) is 6.07 Å². The number of nitrogens with one attached hydrogen (secondary N) is 2. The van der Waals surface area contributed by atoms with Gasteiger partial charge in [-0.25, -0.2) is 0 Å². The monoisotopic (exact) mass is 366 g/mol. The number of benzene rings is 1. The fourth-order valence-electron chi connectivity index (χ4n) is 1.78. The van der Waals surface area contributed by atoms with Gasteiger partial charge in [0.25, 0.3) is 0 Å². The molecule has 0 bridgehead atoms. The molecule has 0 aliphatic heterocycles. The van der Waals surface area contributed by atoms with Crippen molar-refractivity contribution in [1.29, 1.82) is 0 Å². The van der Waals surface area contributed by atoms with Crippen molar-refractivity contribution in [2.45, 2.75) is 38.9 Å². The molecule has 1 aromatic rings. The standard InChI is InChI=1S/C14H18BrF3N2O/c1-3-10(4-2)20-13(21)8-19-12-7-9(14(16,17)18)5-6-11(12)15/h5-7,10,19H,3-4,8H2,1-2H3,(H,20,21). The number of hydrogen-bond donors (Lipinski definition) is 2. The van der Waals surface area contributed by atoms with Crippen molar-refractivity contribution in [3.8, 4) is 0 Å². The van der Waals surface area contributed by atoms with Crippen molar-refractivity contribution in [2.24, 2.45) is 0 Å². The maximum absolute atomic E-state index is 12.6. The topological polar surface area (TPSA) is 41.1 Å². The lowest BCUT2D eigenvalue weighted by Crippen LogP contribution is -2.37. The molecule has 118 valence electrons. The van der Waals surface area contributed by atoms with Crippen molar-refractivity contribution in [3.63, 3.8) is 0 Å². The highest BCUT2D eigenvalue weighted by atomic mass is 79.9. The van der Waals surface area contributed by atoms with Crippen molar-refractivity contribution in [1.82, 2.24) is 5.32 Å². The predicted molar refractivity (Wildman–Crippen MR) is 80.1 cm³/mol. The van der Waals surface area contributed by atoms with Gasteiger partial charge in [0.05, 0.1) is 12.1 Å². The summed E-state index contributed by atoms with van der Waals surface area (Å²) < 4.78 is 38.4. The number of hydrogen-bond acceptors (Lipinski definition) is 2. The number of rotatable bonds is 6. The number of anilines is 1. The molecule has 0 unspecified atom stereocenters. The smallest absolute Gasteiger partial charge is 0.375 e. The number of halogens is 4. The zero-order valence-electron chi connectivity index (χ0n) is 11.9. The zero-order chi connectivity index (χ0) is 16.0. The van der Waals surface area contributed by atoms with Crippen LogP contribution in [-0.2, 0) is 11.0 Å². The lowest BCUT2D eigenvalue weighted by atomic mass is 10.1. The molecule has 1 rings (SSSR count). The first kappa shape index (κ1) is 17.8. The van der Waals surface area contributed by atoms with Crippen LogP contribution in [0.3, 0.4) is 0 Å². The molecule has 3 nitrogen and oxygen atoms in total. The molecule has 1 aromatic carbocycles. The minimum atomic E-state index is -4.41. The van der Waals surface area contributed by atoms with E-state index in [1.807, 2.05) is 13.8 Å². The molecule has 0 aliphatic carbocycles. The van der Waals surface area contributed by atoms with Crippen LogP contribution in [-0.4, -0.2) is 18.5 Å². The van der Waals surface area contributed by atoms with Crippen LogP contribution in [0.5, 0.6) is 0 Å². The van der Waals surface area contributed by atoms with Crippen molar-refractivity contribution in [3.05, 3.63) is 28.2 Å². The minimum Gasteiger partial charge on any atom is -0.375 e. The van der Waals surface area contributed by atoms with Crippen LogP contribution in [0.4, 0.5) is 18.9 Å². The summed E-state index contributed by atoms with van der Waals surface area (Å²) in [7, 11) is 0. The Morgan fingerprint density at radius 3 is 2.43 bits per heavy atom. The SMILES string of the molecule is CCC(CC)NC(=O)CNc1cc(C(F)(F)F)ccc1Br. The van der Waals surface area contributed by atoms with E-state index in [-0.39, 0.29) is 24.2 Å². The normalized spacial score (nSPS) is 11.6. The third-order valence-corrected chi connectivity index (χ3v) is 3.78. The summed E-state index contributed by atoms with van der Waals surface area (Å²) >= 11 is 3.16. The highest BCUT2D eigenvalue weighted by Crippen LogP contribution is 2.33. The molecule has 0 atom stereocenters. The first-order valence-electron chi connectivity index (χ1n) is 6.67. The molecular formula is C14H18BrF3N2O. The van der Waals surface area contributed by atoms with E-state index in [9.17, 15) is 18.0 Å². The Morgan fingerprint density at radius 2 is 1.90 bits per heavy atom. The molecule has 0 fully saturated rings. The second-order valence-corrected chi connectivity index (χ2v) is 5.48. The summed E-state index contributed by atoms with van der Waals surface area (Å²) in [6, 6.07) is 3.36. The molecule has 0 heterocycles. The van der Waals surface area contributed by atoms with Gasteiger partial charge in [-0.05, 0) is 47.0 Å². The molecule has 0 saturated heterocycles. The zero-order valence-corrected chi connectivity index (χ0v) is 13.4. The Bertz CT molecular complexity index is 488. The van der Waals surface area contributed by atoms with Gasteiger partial charge in [0.15, 0.2) is 0 Å². The first-order chi connectivity index (χ1) is 9.77. The molecule has 7 heteroatoms. The average molecular weight is 367 g/mol. The van der Waals surface area contributed by atoms with Crippen LogP contribution in [0, 0.1) is 0 Å². The van der Waals surface area contributed by atoms with Gasteiger partial charge in [-0.2, -0.15) is 13.2 Å². The van der Waals surface area contributed by atoms with Crippen LogP contribution in [0.1, 0.15) is 32.3 Å². The third-order valence-electron chi connectivity index (χ3n) is 3.08. The van der Waals surface area contributed by atoms with E-state index in [0.717, 1.165) is 25.0 Å². The largest absolute Gasteiger partial charge is 0.416 e. The summed E-state index contributed by atoms with van der Waals surface area (Å²) in [6.45, 7) is 3.85. The fourth-order valence-corrected chi connectivity index (χ4v) is 2.17.